The van der Waals surface area contributed by atoms with Crippen LogP contribution in [0.2, 0.25) is 0 Å². The lowest BCUT2D eigenvalue weighted by Crippen LogP contribution is -2.14. The van der Waals surface area contributed by atoms with E-state index in [4.69, 9.17) is 4.74 Å². The molecule has 0 saturated carbocycles. The van der Waals surface area contributed by atoms with E-state index >= 15 is 0 Å². The molecule has 0 amide bonds. The minimum atomic E-state index is -3.68. The number of sulfonamides is 1. The van der Waals surface area contributed by atoms with Gasteiger partial charge in [0.15, 0.2) is 0 Å². The summed E-state index contributed by atoms with van der Waals surface area (Å²) in [6.45, 7) is 0. The molecule has 6 heteroatoms. The maximum atomic E-state index is 12.4. The highest BCUT2D eigenvalue weighted by molar-refractivity contribution is 7.92. The zero-order valence-corrected chi connectivity index (χ0v) is 13.0. The quantitative estimate of drug-likeness (QED) is 0.922. The summed E-state index contributed by atoms with van der Waals surface area (Å²) in [5.41, 5.74) is 1.50. The van der Waals surface area contributed by atoms with E-state index in [1.54, 1.807) is 30.3 Å². The first-order valence-electron chi connectivity index (χ1n) is 6.37. The van der Waals surface area contributed by atoms with Gasteiger partial charge in [0, 0.05) is 25.5 Å². The molecule has 2 aromatic carbocycles. The second-order valence-electron chi connectivity index (χ2n) is 4.70. The van der Waals surface area contributed by atoms with Gasteiger partial charge in [-0.15, -0.1) is 0 Å². The molecule has 0 aliphatic rings. The van der Waals surface area contributed by atoms with Crippen LogP contribution in [0.5, 0.6) is 5.75 Å². The number of para-hydroxylation sites is 1. The van der Waals surface area contributed by atoms with Crippen molar-refractivity contribution in [1.29, 1.82) is 0 Å². The second-order valence-corrected chi connectivity index (χ2v) is 6.35. The molecule has 0 spiro atoms. The zero-order chi connectivity index (χ0) is 15.5. The molecule has 0 aliphatic heterocycles. The first kappa shape index (κ1) is 15.2. The van der Waals surface area contributed by atoms with Crippen LogP contribution in [0.4, 0.5) is 11.4 Å². The standard InChI is InChI=1S/C15H18N2O3S/c1-17(2)13-10-8-12(9-11-13)16-21(18,19)15-7-5-4-6-14(15)20-3/h4-11,16H,1-3H3. The van der Waals surface area contributed by atoms with Gasteiger partial charge < -0.3 is 9.64 Å². The van der Waals surface area contributed by atoms with Crippen molar-refractivity contribution in [2.45, 2.75) is 4.90 Å². The maximum Gasteiger partial charge on any atom is 0.265 e. The molecular formula is C15H18N2O3S. The Labute approximate surface area is 125 Å². The second kappa shape index (κ2) is 6.05. The number of rotatable bonds is 5. The summed E-state index contributed by atoms with van der Waals surface area (Å²) in [7, 11) is 1.62. The van der Waals surface area contributed by atoms with Gasteiger partial charge in [-0.1, -0.05) is 12.1 Å². The minimum Gasteiger partial charge on any atom is -0.495 e. The van der Waals surface area contributed by atoms with Crippen molar-refractivity contribution in [3.8, 4) is 5.75 Å². The Hall–Kier alpha value is -2.21. The molecule has 5 nitrogen and oxygen atoms in total. The summed E-state index contributed by atoms with van der Waals surface area (Å²) in [6.07, 6.45) is 0. The molecule has 21 heavy (non-hydrogen) atoms. The number of methoxy groups -OCH3 is 1. The lowest BCUT2D eigenvalue weighted by Gasteiger charge is -2.14. The average Bonchev–Trinajstić information content (AvgIpc) is 2.47. The van der Waals surface area contributed by atoms with Crippen molar-refractivity contribution in [3.63, 3.8) is 0 Å². The van der Waals surface area contributed by atoms with Crippen LogP contribution < -0.4 is 14.4 Å². The summed E-state index contributed by atoms with van der Waals surface area (Å²) in [6, 6.07) is 13.7. The topological polar surface area (TPSA) is 58.6 Å². The van der Waals surface area contributed by atoms with E-state index in [2.05, 4.69) is 4.72 Å². The van der Waals surface area contributed by atoms with Crippen LogP contribution in [-0.2, 0) is 10.0 Å². The van der Waals surface area contributed by atoms with E-state index in [0.29, 0.717) is 11.4 Å². The van der Waals surface area contributed by atoms with Gasteiger partial charge in [0.05, 0.1) is 7.11 Å². The smallest absolute Gasteiger partial charge is 0.265 e. The molecule has 112 valence electrons. The summed E-state index contributed by atoms with van der Waals surface area (Å²) >= 11 is 0. The first-order chi connectivity index (χ1) is 9.94. The van der Waals surface area contributed by atoms with Crippen molar-refractivity contribution < 1.29 is 13.2 Å². The number of hydrogen-bond acceptors (Lipinski definition) is 4. The van der Waals surface area contributed by atoms with Crippen molar-refractivity contribution in [1.82, 2.24) is 0 Å². The summed E-state index contributed by atoms with van der Waals surface area (Å²) in [5, 5.41) is 0. The molecule has 0 fully saturated rings. The molecule has 0 heterocycles. The Morgan fingerprint density at radius 1 is 1.00 bits per heavy atom. The average molecular weight is 306 g/mol. The number of nitrogens with one attached hydrogen (secondary N) is 1. The first-order valence-corrected chi connectivity index (χ1v) is 7.85. The fourth-order valence-corrected chi connectivity index (χ4v) is 3.11. The van der Waals surface area contributed by atoms with Crippen LogP contribution in [0.15, 0.2) is 53.4 Å². The Balaban J connectivity index is 2.29. The third kappa shape index (κ3) is 3.46. The minimum absolute atomic E-state index is 0.115. The summed E-state index contributed by atoms with van der Waals surface area (Å²) in [5.74, 6) is 0.315. The SMILES string of the molecule is COc1ccccc1S(=O)(=O)Nc1ccc(N(C)C)cc1. The Bertz CT molecular complexity index is 710. The third-order valence-corrected chi connectivity index (χ3v) is 4.42. The van der Waals surface area contributed by atoms with Crippen LogP contribution >= 0.6 is 0 Å². The fourth-order valence-electron chi connectivity index (χ4n) is 1.88. The monoisotopic (exact) mass is 306 g/mol. The number of nitrogens with zero attached hydrogens (tertiary/aromatic N) is 1. The van der Waals surface area contributed by atoms with Gasteiger partial charge in [-0.05, 0) is 36.4 Å². The van der Waals surface area contributed by atoms with Crippen molar-refractivity contribution >= 4 is 21.4 Å². The van der Waals surface area contributed by atoms with Gasteiger partial charge in [0.25, 0.3) is 10.0 Å². The molecule has 0 radical (unpaired) electrons. The van der Waals surface area contributed by atoms with Crippen LogP contribution in [0.3, 0.4) is 0 Å². The van der Waals surface area contributed by atoms with Crippen molar-refractivity contribution in [2.75, 3.05) is 30.8 Å². The molecule has 0 bridgehead atoms. The molecule has 0 aliphatic carbocycles. The molecule has 0 aromatic heterocycles. The number of anilines is 2. The highest BCUT2D eigenvalue weighted by atomic mass is 32.2. The number of hydrogen-bond donors (Lipinski definition) is 1. The van der Waals surface area contributed by atoms with E-state index in [9.17, 15) is 8.42 Å². The Morgan fingerprint density at radius 2 is 1.62 bits per heavy atom. The Morgan fingerprint density at radius 3 is 2.19 bits per heavy atom. The zero-order valence-electron chi connectivity index (χ0n) is 12.2. The van der Waals surface area contributed by atoms with E-state index in [1.165, 1.54) is 13.2 Å². The third-order valence-electron chi connectivity index (χ3n) is 2.99. The van der Waals surface area contributed by atoms with Crippen LogP contribution in [0.25, 0.3) is 0 Å². The van der Waals surface area contributed by atoms with Crippen molar-refractivity contribution in [3.05, 3.63) is 48.5 Å². The van der Waals surface area contributed by atoms with Crippen LogP contribution in [0.1, 0.15) is 0 Å². The lowest BCUT2D eigenvalue weighted by molar-refractivity contribution is 0.403. The molecular weight excluding hydrogens is 288 g/mol. The van der Waals surface area contributed by atoms with Crippen LogP contribution in [-0.4, -0.2) is 29.6 Å². The Kier molecular flexibility index (Phi) is 4.37. The largest absolute Gasteiger partial charge is 0.495 e. The van der Waals surface area contributed by atoms with Crippen LogP contribution in [0, 0.1) is 0 Å². The molecule has 2 rings (SSSR count). The molecule has 0 unspecified atom stereocenters. The predicted molar refractivity (Wildman–Crippen MR) is 84.6 cm³/mol. The number of ether oxygens (including phenoxy) is 1. The summed E-state index contributed by atoms with van der Waals surface area (Å²) < 4.78 is 32.4. The lowest BCUT2D eigenvalue weighted by atomic mass is 10.3. The molecule has 0 atom stereocenters. The normalized spacial score (nSPS) is 11.0. The van der Waals surface area contributed by atoms with Gasteiger partial charge in [-0.2, -0.15) is 0 Å². The molecule has 2 aromatic rings. The van der Waals surface area contributed by atoms with E-state index in [1.807, 2.05) is 31.1 Å². The van der Waals surface area contributed by atoms with E-state index in [-0.39, 0.29) is 4.90 Å². The fraction of sp³-hybridized carbons (Fsp3) is 0.200. The van der Waals surface area contributed by atoms with Gasteiger partial charge >= 0.3 is 0 Å². The summed E-state index contributed by atoms with van der Waals surface area (Å²) in [4.78, 5) is 2.06. The predicted octanol–water partition coefficient (Wildman–Crippen LogP) is 2.56. The molecule has 0 saturated heterocycles. The number of benzene rings is 2. The van der Waals surface area contributed by atoms with Gasteiger partial charge in [-0.3, -0.25) is 4.72 Å². The van der Waals surface area contributed by atoms with Crippen molar-refractivity contribution in [2.24, 2.45) is 0 Å². The highest BCUT2D eigenvalue weighted by Crippen LogP contribution is 2.25. The molecule has 1 N–H and O–H groups in total. The van der Waals surface area contributed by atoms with Gasteiger partial charge in [-0.25, -0.2) is 8.42 Å². The maximum absolute atomic E-state index is 12.4. The van der Waals surface area contributed by atoms with Gasteiger partial charge in [0.2, 0.25) is 0 Å². The highest BCUT2D eigenvalue weighted by Gasteiger charge is 2.18. The van der Waals surface area contributed by atoms with E-state index < -0.39 is 10.0 Å². The van der Waals surface area contributed by atoms with Gasteiger partial charge in [0.1, 0.15) is 10.6 Å². The van der Waals surface area contributed by atoms with E-state index in [0.717, 1.165) is 5.69 Å².